The zero-order valence-electron chi connectivity index (χ0n) is 28.5. The van der Waals surface area contributed by atoms with Gasteiger partial charge in [-0.05, 0) is 44.9 Å². The number of aliphatic hydroxyl groups is 1. The van der Waals surface area contributed by atoms with Gasteiger partial charge in [0.15, 0.2) is 0 Å². The number of rotatable bonds is 34. The highest BCUT2D eigenvalue weighted by molar-refractivity contribution is 5.69. The SMILES string of the molecule is CCCCCCCCCCCC(CCCCCCCC)OC(=O)CCCCCCCCCCC(O)CCCCCC. The summed E-state index contributed by atoms with van der Waals surface area (Å²) in [4.78, 5) is 12.6. The van der Waals surface area contributed by atoms with E-state index >= 15 is 0 Å². The zero-order chi connectivity index (χ0) is 30.1. The Morgan fingerprint density at radius 2 is 0.732 bits per heavy atom. The van der Waals surface area contributed by atoms with Gasteiger partial charge < -0.3 is 9.84 Å². The van der Waals surface area contributed by atoms with Gasteiger partial charge >= 0.3 is 5.97 Å². The van der Waals surface area contributed by atoms with E-state index in [1.807, 2.05) is 0 Å². The predicted molar refractivity (Wildman–Crippen MR) is 181 cm³/mol. The number of unbranched alkanes of at least 4 members (excludes halogenated alkanes) is 23. The van der Waals surface area contributed by atoms with Gasteiger partial charge in [-0.2, -0.15) is 0 Å². The topological polar surface area (TPSA) is 46.5 Å². The van der Waals surface area contributed by atoms with E-state index in [-0.39, 0.29) is 18.2 Å². The largest absolute Gasteiger partial charge is 0.462 e. The number of carbonyl (C=O) groups excluding carboxylic acids is 1. The average Bonchev–Trinajstić information content (AvgIpc) is 2.97. The summed E-state index contributed by atoms with van der Waals surface area (Å²) in [5.74, 6) is 0.0464. The van der Waals surface area contributed by atoms with Crippen LogP contribution in [0.15, 0.2) is 0 Å². The highest BCUT2D eigenvalue weighted by Gasteiger charge is 2.14. The van der Waals surface area contributed by atoms with Gasteiger partial charge in [-0.3, -0.25) is 4.79 Å². The molecule has 0 aliphatic rings. The minimum atomic E-state index is -0.0814. The highest BCUT2D eigenvalue weighted by Crippen LogP contribution is 2.19. The van der Waals surface area contributed by atoms with Gasteiger partial charge in [0, 0.05) is 6.42 Å². The number of aliphatic hydroxyl groups excluding tert-OH is 1. The summed E-state index contributed by atoms with van der Waals surface area (Å²) in [6.45, 7) is 6.78. The van der Waals surface area contributed by atoms with Crippen LogP contribution >= 0.6 is 0 Å². The Morgan fingerprint density at radius 1 is 0.439 bits per heavy atom. The van der Waals surface area contributed by atoms with Crippen molar-refractivity contribution < 1.29 is 14.6 Å². The van der Waals surface area contributed by atoms with Crippen LogP contribution in [0.1, 0.15) is 226 Å². The predicted octanol–water partition coefficient (Wildman–Crippen LogP) is 12.8. The first-order chi connectivity index (χ1) is 20.1. The van der Waals surface area contributed by atoms with Gasteiger partial charge in [0.05, 0.1) is 6.10 Å². The minimum absolute atomic E-state index is 0.0464. The molecule has 0 amide bonds. The first-order valence-electron chi connectivity index (χ1n) is 19.0. The molecule has 3 heteroatoms. The van der Waals surface area contributed by atoms with Crippen molar-refractivity contribution in [1.29, 1.82) is 0 Å². The van der Waals surface area contributed by atoms with Crippen LogP contribution in [0, 0.1) is 0 Å². The Labute approximate surface area is 258 Å². The van der Waals surface area contributed by atoms with Crippen molar-refractivity contribution in [2.45, 2.75) is 238 Å². The highest BCUT2D eigenvalue weighted by atomic mass is 16.5. The molecule has 2 unspecified atom stereocenters. The van der Waals surface area contributed by atoms with Gasteiger partial charge in [0.25, 0.3) is 0 Å². The van der Waals surface area contributed by atoms with Gasteiger partial charge in [-0.25, -0.2) is 0 Å². The number of hydrogen-bond donors (Lipinski definition) is 1. The van der Waals surface area contributed by atoms with E-state index < -0.39 is 0 Å². The quantitative estimate of drug-likeness (QED) is 0.0608. The van der Waals surface area contributed by atoms with Crippen molar-refractivity contribution >= 4 is 5.97 Å². The van der Waals surface area contributed by atoms with Gasteiger partial charge in [-0.15, -0.1) is 0 Å². The molecule has 246 valence electrons. The lowest BCUT2D eigenvalue weighted by atomic mass is 10.0. The second-order valence-electron chi connectivity index (χ2n) is 13.2. The van der Waals surface area contributed by atoms with Crippen molar-refractivity contribution in [1.82, 2.24) is 0 Å². The van der Waals surface area contributed by atoms with E-state index in [0.717, 1.165) is 38.5 Å². The molecule has 0 rings (SSSR count). The Bertz CT molecular complexity index is 506. The van der Waals surface area contributed by atoms with Crippen LogP contribution in [0.4, 0.5) is 0 Å². The van der Waals surface area contributed by atoms with E-state index in [2.05, 4.69) is 20.8 Å². The maximum atomic E-state index is 12.6. The van der Waals surface area contributed by atoms with Crippen molar-refractivity contribution in [3.8, 4) is 0 Å². The molecule has 0 radical (unpaired) electrons. The summed E-state index contributed by atoms with van der Waals surface area (Å²) in [5.41, 5.74) is 0. The average molecular weight is 581 g/mol. The molecule has 0 aliphatic heterocycles. The van der Waals surface area contributed by atoms with Crippen LogP contribution in [-0.4, -0.2) is 23.3 Å². The molecule has 0 aromatic rings. The van der Waals surface area contributed by atoms with Crippen LogP contribution in [0.25, 0.3) is 0 Å². The standard InChI is InChI=1S/C38H76O3/c1-4-7-10-13-15-16-20-24-29-34-37(33-28-23-14-11-8-5-2)41-38(40)35-30-25-21-18-17-19-22-27-32-36(39)31-26-12-9-6-3/h36-37,39H,4-35H2,1-3H3. The number of carbonyl (C=O) groups is 1. The van der Waals surface area contributed by atoms with E-state index in [4.69, 9.17) is 4.74 Å². The molecule has 0 saturated heterocycles. The molecule has 0 bridgehead atoms. The molecule has 0 spiro atoms. The molecule has 0 aliphatic carbocycles. The van der Waals surface area contributed by atoms with Crippen molar-refractivity contribution in [2.75, 3.05) is 0 Å². The third kappa shape index (κ3) is 32.2. The van der Waals surface area contributed by atoms with Gasteiger partial charge in [0.2, 0.25) is 0 Å². The second-order valence-corrected chi connectivity index (χ2v) is 13.2. The molecule has 2 atom stereocenters. The summed E-state index contributed by atoms with van der Waals surface area (Å²) in [5, 5.41) is 10.1. The fourth-order valence-electron chi connectivity index (χ4n) is 6.00. The molecular formula is C38H76O3. The lowest BCUT2D eigenvalue weighted by Gasteiger charge is -2.18. The van der Waals surface area contributed by atoms with Crippen LogP contribution in [0.3, 0.4) is 0 Å². The van der Waals surface area contributed by atoms with Gasteiger partial charge in [-0.1, -0.05) is 175 Å². The maximum Gasteiger partial charge on any atom is 0.306 e. The summed E-state index contributed by atoms with van der Waals surface area (Å²) in [6, 6.07) is 0. The number of hydrogen-bond acceptors (Lipinski definition) is 3. The Kier molecular flexibility index (Phi) is 33.5. The van der Waals surface area contributed by atoms with E-state index in [9.17, 15) is 9.90 Å². The van der Waals surface area contributed by atoms with Crippen LogP contribution in [0.2, 0.25) is 0 Å². The number of ether oxygens (including phenoxy) is 1. The first kappa shape index (κ1) is 40.4. The summed E-state index contributed by atoms with van der Waals surface area (Å²) in [7, 11) is 0. The van der Waals surface area contributed by atoms with Crippen LogP contribution in [0.5, 0.6) is 0 Å². The molecule has 0 aromatic heterocycles. The molecule has 3 nitrogen and oxygen atoms in total. The molecule has 41 heavy (non-hydrogen) atoms. The van der Waals surface area contributed by atoms with Crippen LogP contribution in [-0.2, 0) is 9.53 Å². The molecule has 0 fully saturated rings. The van der Waals surface area contributed by atoms with Crippen molar-refractivity contribution in [3.05, 3.63) is 0 Å². The minimum Gasteiger partial charge on any atom is -0.462 e. The fraction of sp³-hybridized carbons (Fsp3) is 0.974. The Hall–Kier alpha value is -0.570. The lowest BCUT2D eigenvalue weighted by Crippen LogP contribution is -2.18. The van der Waals surface area contributed by atoms with Gasteiger partial charge in [0.1, 0.15) is 6.10 Å². The summed E-state index contributed by atoms with van der Waals surface area (Å²) >= 11 is 0. The molecule has 1 N–H and O–H groups in total. The van der Waals surface area contributed by atoms with E-state index in [1.54, 1.807) is 0 Å². The molecular weight excluding hydrogens is 504 g/mol. The van der Waals surface area contributed by atoms with Crippen molar-refractivity contribution in [3.63, 3.8) is 0 Å². The van der Waals surface area contributed by atoms with Crippen molar-refractivity contribution in [2.24, 2.45) is 0 Å². The second kappa shape index (κ2) is 33.9. The molecule has 0 heterocycles. The lowest BCUT2D eigenvalue weighted by molar-refractivity contribution is -0.150. The summed E-state index contributed by atoms with van der Waals surface area (Å²) < 4.78 is 6.02. The fourth-order valence-corrected chi connectivity index (χ4v) is 6.00. The normalized spacial score (nSPS) is 13.0. The van der Waals surface area contributed by atoms with Crippen LogP contribution < -0.4 is 0 Å². The molecule has 0 saturated carbocycles. The first-order valence-corrected chi connectivity index (χ1v) is 19.0. The maximum absolute atomic E-state index is 12.6. The summed E-state index contributed by atoms with van der Waals surface area (Å²) in [6.07, 6.45) is 39.3. The van der Waals surface area contributed by atoms with E-state index in [0.29, 0.717) is 6.42 Å². The van der Waals surface area contributed by atoms with E-state index in [1.165, 1.54) is 161 Å². The third-order valence-electron chi connectivity index (χ3n) is 8.87. The number of esters is 1. The Morgan fingerprint density at radius 3 is 1.12 bits per heavy atom. The smallest absolute Gasteiger partial charge is 0.306 e. The zero-order valence-corrected chi connectivity index (χ0v) is 28.5. The third-order valence-corrected chi connectivity index (χ3v) is 8.87. The monoisotopic (exact) mass is 581 g/mol. The Balaban J connectivity index is 3.90. The molecule has 0 aromatic carbocycles.